The Bertz CT molecular complexity index is 760. The Morgan fingerprint density at radius 3 is 2.40 bits per heavy atom. The largest absolute Gasteiger partial charge is 0.456 e. The molecule has 20 heavy (non-hydrogen) atoms. The number of primary sulfonamides is 1. The lowest BCUT2D eigenvalue weighted by molar-refractivity contribution is 0.482. The first-order valence-electron chi connectivity index (χ1n) is 5.64. The van der Waals surface area contributed by atoms with Crippen LogP contribution in [0.25, 0.3) is 0 Å². The maximum Gasteiger partial charge on any atom is 0.240 e. The number of halogens is 1. The van der Waals surface area contributed by atoms with Crippen LogP contribution in [-0.2, 0) is 10.0 Å². The van der Waals surface area contributed by atoms with Crippen molar-refractivity contribution >= 4 is 27.3 Å². The van der Waals surface area contributed by atoms with Crippen LogP contribution >= 0.6 is 11.6 Å². The molecule has 106 valence electrons. The summed E-state index contributed by atoms with van der Waals surface area (Å²) in [6.45, 7) is 1.91. The van der Waals surface area contributed by atoms with E-state index in [0.29, 0.717) is 16.5 Å². The number of nitrogen functional groups attached to an aromatic ring is 1. The molecule has 2 aromatic rings. The lowest BCUT2D eigenvalue weighted by Crippen LogP contribution is -2.14. The first-order chi connectivity index (χ1) is 9.27. The summed E-state index contributed by atoms with van der Waals surface area (Å²) in [5.74, 6) is 0.834. The van der Waals surface area contributed by atoms with Gasteiger partial charge in [0.1, 0.15) is 16.4 Å². The molecule has 7 heteroatoms. The molecule has 2 rings (SSSR count). The molecule has 0 spiro atoms. The van der Waals surface area contributed by atoms with Gasteiger partial charge in [-0.05, 0) is 36.8 Å². The number of hydrogen-bond donors (Lipinski definition) is 2. The van der Waals surface area contributed by atoms with Crippen LogP contribution in [0.3, 0.4) is 0 Å². The van der Waals surface area contributed by atoms with Gasteiger partial charge in [0.25, 0.3) is 0 Å². The van der Waals surface area contributed by atoms with Crippen molar-refractivity contribution in [2.45, 2.75) is 11.8 Å². The molecule has 0 atom stereocenters. The second kappa shape index (κ2) is 5.32. The molecule has 0 fully saturated rings. The number of hydrogen-bond acceptors (Lipinski definition) is 4. The lowest BCUT2D eigenvalue weighted by Gasteiger charge is -2.10. The Balaban J connectivity index is 2.34. The highest BCUT2D eigenvalue weighted by molar-refractivity contribution is 7.89. The smallest absolute Gasteiger partial charge is 0.240 e. The van der Waals surface area contributed by atoms with Crippen molar-refractivity contribution in [2.75, 3.05) is 5.73 Å². The van der Waals surface area contributed by atoms with Gasteiger partial charge in [-0.25, -0.2) is 13.6 Å². The summed E-state index contributed by atoms with van der Waals surface area (Å²) < 4.78 is 28.1. The van der Waals surface area contributed by atoms with E-state index in [4.69, 9.17) is 27.2 Å². The molecule has 0 bridgehead atoms. The summed E-state index contributed by atoms with van der Waals surface area (Å²) in [5, 5.41) is 5.49. The Morgan fingerprint density at radius 1 is 1.15 bits per heavy atom. The van der Waals surface area contributed by atoms with Gasteiger partial charge in [0.15, 0.2) is 0 Å². The molecule has 0 unspecified atom stereocenters. The van der Waals surface area contributed by atoms with Crippen molar-refractivity contribution in [3.8, 4) is 11.5 Å². The highest BCUT2D eigenvalue weighted by atomic mass is 35.5. The number of rotatable bonds is 3. The third-order valence-electron chi connectivity index (χ3n) is 2.60. The summed E-state index contributed by atoms with van der Waals surface area (Å²) in [7, 11) is -3.84. The Kier molecular flexibility index (Phi) is 3.89. The minimum Gasteiger partial charge on any atom is -0.456 e. The Hall–Kier alpha value is -1.76. The summed E-state index contributed by atoms with van der Waals surface area (Å²) in [6.07, 6.45) is 0. The minimum atomic E-state index is -3.84. The van der Waals surface area contributed by atoms with E-state index in [9.17, 15) is 8.42 Å². The van der Waals surface area contributed by atoms with Crippen LogP contribution in [-0.4, -0.2) is 8.42 Å². The van der Waals surface area contributed by atoms with Crippen LogP contribution in [0.4, 0.5) is 5.69 Å². The van der Waals surface area contributed by atoms with Gasteiger partial charge in [-0.2, -0.15) is 0 Å². The van der Waals surface area contributed by atoms with Crippen molar-refractivity contribution in [3.05, 3.63) is 47.0 Å². The zero-order valence-corrected chi connectivity index (χ0v) is 12.2. The van der Waals surface area contributed by atoms with E-state index in [-0.39, 0.29) is 10.6 Å². The predicted octanol–water partition coefficient (Wildman–Crippen LogP) is 2.67. The molecule has 0 amide bonds. The SMILES string of the molecule is Cc1ccc(Oc2ccc(S(N)(=O)=O)c(N)c2)c(Cl)c1. The van der Waals surface area contributed by atoms with Gasteiger partial charge in [-0.1, -0.05) is 17.7 Å². The molecular weight excluding hydrogens is 300 g/mol. The second-order valence-corrected chi connectivity index (χ2v) is 6.22. The van der Waals surface area contributed by atoms with Crippen molar-refractivity contribution in [1.29, 1.82) is 0 Å². The van der Waals surface area contributed by atoms with Crippen LogP contribution in [0, 0.1) is 6.92 Å². The molecule has 0 aliphatic carbocycles. The van der Waals surface area contributed by atoms with E-state index in [1.807, 2.05) is 13.0 Å². The maximum atomic E-state index is 11.3. The van der Waals surface area contributed by atoms with E-state index < -0.39 is 10.0 Å². The third-order valence-corrected chi connectivity index (χ3v) is 3.88. The van der Waals surface area contributed by atoms with Crippen LogP contribution in [0.1, 0.15) is 5.56 Å². The summed E-state index contributed by atoms with van der Waals surface area (Å²) in [6, 6.07) is 9.48. The average molecular weight is 313 g/mol. The number of anilines is 1. The van der Waals surface area contributed by atoms with E-state index in [0.717, 1.165) is 5.56 Å². The highest BCUT2D eigenvalue weighted by Gasteiger charge is 2.13. The Morgan fingerprint density at radius 2 is 1.85 bits per heavy atom. The molecule has 0 aliphatic rings. The predicted molar refractivity (Wildman–Crippen MR) is 78.5 cm³/mol. The second-order valence-electron chi connectivity index (χ2n) is 4.28. The first kappa shape index (κ1) is 14.6. The van der Waals surface area contributed by atoms with Crippen molar-refractivity contribution in [3.63, 3.8) is 0 Å². The standard InChI is InChI=1S/C13H13ClN2O3S/c1-8-2-4-12(10(14)6-8)19-9-3-5-13(11(15)7-9)20(16,17)18/h2-7H,15H2,1H3,(H2,16,17,18). The molecule has 0 radical (unpaired) electrons. The lowest BCUT2D eigenvalue weighted by atomic mass is 10.2. The minimum absolute atomic E-state index is 0.0215. The molecule has 0 aliphatic heterocycles. The van der Waals surface area contributed by atoms with Gasteiger partial charge in [0.05, 0.1) is 10.7 Å². The zero-order valence-electron chi connectivity index (χ0n) is 10.6. The van der Waals surface area contributed by atoms with Crippen molar-refractivity contribution < 1.29 is 13.2 Å². The van der Waals surface area contributed by atoms with E-state index in [1.165, 1.54) is 18.2 Å². The summed E-state index contributed by atoms with van der Waals surface area (Å²) in [4.78, 5) is -0.139. The fourth-order valence-corrected chi connectivity index (χ4v) is 2.58. The molecule has 0 heterocycles. The summed E-state index contributed by atoms with van der Waals surface area (Å²) >= 11 is 6.05. The number of sulfonamides is 1. The van der Waals surface area contributed by atoms with E-state index >= 15 is 0 Å². The number of benzene rings is 2. The molecule has 2 aromatic carbocycles. The topological polar surface area (TPSA) is 95.4 Å². The summed E-state index contributed by atoms with van der Waals surface area (Å²) in [5.41, 5.74) is 6.68. The first-order valence-corrected chi connectivity index (χ1v) is 7.56. The van der Waals surface area contributed by atoms with Gasteiger partial charge in [0, 0.05) is 6.07 Å². The third kappa shape index (κ3) is 3.22. The van der Waals surface area contributed by atoms with Crippen LogP contribution < -0.4 is 15.6 Å². The number of ether oxygens (including phenoxy) is 1. The monoisotopic (exact) mass is 312 g/mol. The molecule has 5 nitrogen and oxygen atoms in total. The molecule has 0 aromatic heterocycles. The molecule has 4 N–H and O–H groups in total. The van der Waals surface area contributed by atoms with Gasteiger partial charge < -0.3 is 10.5 Å². The molecular formula is C13H13ClN2O3S. The highest BCUT2D eigenvalue weighted by Crippen LogP contribution is 2.32. The number of nitrogens with two attached hydrogens (primary N) is 2. The fraction of sp³-hybridized carbons (Fsp3) is 0.0769. The quantitative estimate of drug-likeness (QED) is 0.852. The van der Waals surface area contributed by atoms with Crippen LogP contribution in [0.15, 0.2) is 41.3 Å². The van der Waals surface area contributed by atoms with Crippen LogP contribution in [0.2, 0.25) is 5.02 Å². The fourth-order valence-electron chi connectivity index (χ4n) is 1.66. The van der Waals surface area contributed by atoms with E-state index in [1.54, 1.807) is 12.1 Å². The van der Waals surface area contributed by atoms with Gasteiger partial charge in [-0.15, -0.1) is 0 Å². The zero-order chi connectivity index (χ0) is 14.9. The van der Waals surface area contributed by atoms with Gasteiger partial charge >= 0.3 is 0 Å². The normalized spacial score (nSPS) is 11.3. The Labute approximate surface area is 122 Å². The van der Waals surface area contributed by atoms with Gasteiger partial charge in [-0.3, -0.25) is 0 Å². The van der Waals surface area contributed by atoms with Gasteiger partial charge in [0.2, 0.25) is 10.0 Å². The van der Waals surface area contributed by atoms with Crippen LogP contribution in [0.5, 0.6) is 11.5 Å². The van der Waals surface area contributed by atoms with E-state index in [2.05, 4.69) is 0 Å². The van der Waals surface area contributed by atoms with Crippen molar-refractivity contribution in [2.24, 2.45) is 5.14 Å². The number of aryl methyl sites for hydroxylation is 1. The molecule has 0 saturated heterocycles. The maximum absolute atomic E-state index is 11.3. The molecule has 0 saturated carbocycles. The average Bonchev–Trinajstić information content (AvgIpc) is 2.31. The van der Waals surface area contributed by atoms with Crippen molar-refractivity contribution in [1.82, 2.24) is 0 Å².